The lowest BCUT2D eigenvalue weighted by molar-refractivity contribution is 0.119. The summed E-state index contributed by atoms with van der Waals surface area (Å²) in [7, 11) is 4.43. The molecule has 0 aromatic rings. The van der Waals surface area contributed by atoms with Gasteiger partial charge in [0.05, 0.1) is 0 Å². The van der Waals surface area contributed by atoms with E-state index in [9.17, 15) is 0 Å². The molecule has 0 fully saturated rings. The Hall–Kier alpha value is -0.0400. The van der Waals surface area contributed by atoms with Crippen molar-refractivity contribution in [1.29, 1.82) is 0 Å². The lowest BCUT2D eigenvalue weighted by atomic mass is 9.85. The fraction of sp³-hybridized carbons (Fsp3) is 1.00. The van der Waals surface area contributed by atoms with Gasteiger partial charge in [-0.1, -0.05) is 33.6 Å². The van der Waals surface area contributed by atoms with Crippen molar-refractivity contribution in [2.24, 2.45) is 0 Å². The number of rotatable bonds is 6. The van der Waals surface area contributed by atoms with Crippen LogP contribution >= 0.6 is 0 Å². The second-order valence-electron chi connectivity index (χ2n) is 3.97. The molecule has 0 unspecified atom stereocenters. The van der Waals surface area contributed by atoms with Gasteiger partial charge in [-0.15, -0.1) is 0 Å². The monoisotopic (exact) mass is 171 g/mol. The van der Waals surface area contributed by atoms with Crippen molar-refractivity contribution in [3.63, 3.8) is 0 Å². The standard InChI is InChI=1S/C11H25N/c1-6-9-11(8-3,10-7-2)12(4)5/h6-10H2,1-5H3. The van der Waals surface area contributed by atoms with Crippen LogP contribution in [0.5, 0.6) is 0 Å². The van der Waals surface area contributed by atoms with Gasteiger partial charge in [-0.25, -0.2) is 0 Å². The van der Waals surface area contributed by atoms with Crippen LogP contribution in [0.4, 0.5) is 0 Å². The zero-order chi connectivity index (χ0) is 9.61. The fourth-order valence-electron chi connectivity index (χ4n) is 2.17. The molecule has 0 aliphatic carbocycles. The molecular weight excluding hydrogens is 146 g/mol. The zero-order valence-corrected chi connectivity index (χ0v) is 9.48. The first-order chi connectivity index (χ1) is 5.63. The van der Waals surface area contributed by atoms with Gasteiger partial charge in [-0.05, 0) is 33.4 Å². The predicted molar refractivity (Wildman–Crippen MR) is 56.5 cm³/mol. The first-order valence-electron chi connectivity index (χ1n) is 5.30. The van der Waals surface area contributed by atoms with E-state index in [4.69, 9.17) is 0 Å². The highest BCUT2D eigenvalue weighted by Crippen LogP contribution is 2.28. The summed E-state index contributed by atoms with van der Waals surface area (Å²) in [4.78, 5) is 2.42. The Kier molecular flexibility index (Phi) is 5.56. The molecule has 1 heteroatoms. The van der Waals surface area contributed by atoms with Crippen LogP contribution in [0.2, 0.25) is 0 Å². The molecule has 0 heterocycles. The first-order valence-corrected chi connectivity index (χ1v) is 5.30. The Morgan fingerprint density at radius 1 is 0.917 bits per heavy atom. The highest BCUT2D eigenvalue weighted by atomic mass is 15.1. The summed E-state index contributed by atoms with van der Waals surface area (Å²) < 4.78 is 0. The summed E-state index contributed by atoms with van der Waals surface area (Å²) in [5, 5.41) is 0. The maximum atomic E-state index is 2.42. The quantitative estimate of drug-likeness (QED) is 0.592. The van der Waals surface area contributed by atoms with E-state index in [0.717, 1.165) is 0 Å². The van der Waals surface area contributed by atoms with Crippen LogP contribution in [-0.2, 0) is 0 Å². The lowest BCUT2D eigenvalue weighted by Crippen LogP contribution is -2.43. The summed E-state index contributed by atoms with van der Waals surface area (Å²) in [5.41, 5.74) is 0.476. The minimum absolute atomic E-state index is 0.476. The molecule has 74 valence electrons. The van der Waals surface area contributed by atoms with Crippen LogP contribution in [0.1, 0.15) is 52.9 Å². The maximum Gasteiger partial charge on any atom is 0.0200 e. The van der Waals surface area contributed by atoms with Gasteiger partial charge in [0.1, 0.15) is 0 Å². The van der Waals surface area contributed by atoms with Crippen LogP contribution in [0, 0.1) is 0 Å². The molecule has 0 bridgehead atoms. The highest BCUT2D eigenvalue weighted by molar-refractivity contribution is 4.85. The van der Waals surface area contributed by atoms with Crippen LogP contribution in [-0.4, -0.2) is 24.5 Å². The third-order valence-corrected chi connectivity index (χ3v) is 3.04. The molecule has 0 aliphatic rings. The van der Waals surface area contributed by atoms with Gasteiger partial charge in [0.15, 0.2) is 0 Å². The molecule has 1 nitrogen and oxygen atoms in total. The normalized spacial score (nSPS) is 12.5. The Bertz CT molecular complexity index is 102. The number of hydrogen-bond acceptors (Lipinski definition) is 1. The molecule has 0 spiro atoms. The molecule has 0 radical (unpaired) electrons. The molecule has 0 aromatic carbocycles. The molecule has 0 amide bonds. The maximum absolute atomic E-state index is 2.42. The van der Waals surface area contributed by atoms with Crippen molar-refractivity contribution >= 4 is 0 Å². The predicted octanol–water partition coefficient (Wildman–Crippen LogP) is 3.30. The van der Waals surface area contributed by atoms with Gasteiger partial charge in [-0.3, -0.25) is 0 Å². The van der Waals surface area contributed by atoms with Gasteiger partial charge < -0.3 is 4.90 Å². The fourth-order valence-corrected chi connectivity index (χ4v) is 2.17. The van der Waals surface area contributed by atoms with E-state index >= 15 is 0 Å². The smallest absolute Gasteiger partial charge is 0.0200 e. The summed E-state index contributed by atoms with van der Waals surface area (Å²) >= 11 is 0. The van der Waals surface area contributed by atoms with Crippen molar-refractivity contribution in [2.45, 2.75) is 58.4 Å². The summed E-state index contributed by atoms with van der Waals surface area (Å²) in [6, 6.07) is 0. The lowest BCUT2D eigenvalue weighted by Gasteiger charge is -2.39. The second-order valence-corrected chi connectivity index (χ2v) is 3.97. The second kappa shape index (κ2) is 5.58. The van der Waals surface area contributed by atoms with E-state index in [-0.39, 0.29) is 0 Å². The van der Waals surface area contributed by atoms with E-state index in [0.29, 0.717) is 5.54 Å². The molecule has 0 rings (SSSR count). The SMILES string of the molecule is CCCC(CC)(CCC)N(C)C. The van der Waals surface area contributed by atoms with E-state index in [1.165, 1.54) is 32.1 Å². The molecule has 0 N–H and O–H groups in total. The van der Waals surface area contributed by atoms with Crippen LogP contribution < -0.4 is 0 Å². The molecule has 0 saturated heterocycles. The number of hydrogen-bond donors (Lipinski definition) is 0. The number of nitrogens with zero attached hydrogens (tertiary/aromatic N) is 1. The van der Waals surface area contributed by atoms with Gasteiger partial charge in [0.2, 0.25) is 0 Å². The Balaban J connectivity index is 4.28. The van der Waals surface area contributed by atoms with E-state index in [2.05, 4.69) is 39.8 Å². The van der Waals surface area contributed by atoms with Crippen LogP contribution in [0.25, 0.3) is 0 Å². The largest absolute Gasteiger partial charge is 0.304 e. The molecule has 0 saturated carbocycles. The van der Waals surface area contributed by atoms with Gasteiger partial charge in [0, 0.05) is 5.54 Å². The zero-order valence-electron chi connectivity index (χ0n) is 9.48. The Morgan fingerprint density at radius 3 is 1.50 bits per heavy atom. The summed E-state index contributed by atoms with van der Waals surface area (Å²) in [5.74, 6) is 0. The minimum Gasteiger partial charge on any atom is -0.304 e. The van der Waals surface area contributed by atoms with Crippen molar-refractivity contribution in [3.05, 3.63) is 0 Å². The third-order valence-electron chi connectivity index (χ3n) is 3.04. The average Bonchev–Trinajstić information content (AvgIpc) is 2.03. The van der Waals surface area contributed by atoms with Crippen molar-refractivity contribution < 1.29 is 0 Å². The molecule has 0 atom stereocenters. The topological polar surface area (TPSA) is 3.24 Å². The van der Waals surface area contributed by atoms with E-state index < -0.39 is 0 Å². The molecule has 0 aromatic heterocycles. The average molecular weight is 171 g/mol. The minimum atomic E-state index is 0.476. The molecule has 12 heavy (non-hydrogen) atoms. The van der Waals surface area contributed by atoms with Gasteiger partial charge in [-0.2, -0.15) is 0 Å². The van der Waals surface area contributed by atoms with Crippen LogP contribution in [0.15, 0.2) is 0 Å². The summed E-state index contributed by atoms with van der Waals surface area (Å²) in [6.45, 7) is 6.87. The first kappa shape index (κ1) is 12.0. The van der Waals surface area contributed by atoms with Crippen molar-refractivity contribution in [1.82, 2.24) is 4.90 Å². The van der Waals surface area contributed by atoms with Gasteiger partial charge in [0.25, 0.3) is 0 Å². The van der Waals surface area contributed by atoms with Crippen molar-refractivity contribution in [2.75, 3.05) is 14.1 Å². The van der Waals surface area contributed by atoms with Crippen molar-refractivity contribution in [3.8, 4) is 0 Å². The molecular formula is C11H25N. The van der Waals surface area contributed by atoms with Gasteiger partial charge >= 0.3 is 0 Å². The summed E-state index contributed by atoms with van der Waals surface area (Å²) in [6.07, 6.45) is 6.55. The van der Waals surface area contributed by atoms with E-state index in [1.54, 1.807) is 0 Å². The third kappa shape index (κ3) is 2.78. The van der Waals surface area contributed by atoms with Crippen LogP contribution in [0.3, 0.4) is 0 Å². The Labute approximate surface area is 78.1 Å². The molecule has 0 aliphatic heterocycles. The van der Waals surface area contributed by atoms with E-state index in [1.807, 2.05) is 0 Å². The Morgan fingerprint density at radius 2 is 1.33 bits per heavy atom. The highest BCUT2D eigenvalue weighted by Gasteiger charge is 2.27.